The Balaban J connectivity index is 1.89. The van der Waals surface area contributed by atoms with Gasteiger partial charge in [0.15, 0.2) is 0 Å². The third-order valence-corrected chi connectivity index (χ3v) is 3.76. The van der Waals surface area contributed by atoms with Crippen molar-refractivity contribution in [3.63, 3.8) is 0 Å². The van der Waals surface area contributed by atoms with E-state index in [9.17, 15) is 14.0 Å². The lowest BCUT2D eigenvalue weighted by Crippen LogP contribution is -2.38. The van der Waals surface area contributed by atoms with E-state index < -0.39 is 11.7 Å². The molecule has 2 rings (SSSR count). The topological polar surface area (TPSA) is 58.2 Å². The number of amides is 2. The van der Waals surface area contributed by atoms with Gasteiger partial charge in [-0.15, -0.1) is 0 Å². The molecule has 2 N–H and O–H groups in total. The Kier molecular flexibility index (Phi) is 6.32. The molecule has 2 aromatic rings. The maximum Gasteiger partial charge on any atom is 0.251 e. The fraction of sp³-hybridized carbons (Fsp3) is 0.222. The van der Waals surface area contributed by atoms with E-state index in [2.05, 4.69) is 10.6 Å². The van der Waals surface area contributed by atoms with Crippen molar-refractivity contribution in [3.05, 3.63) is 70.5 Å². The highest BCUT2D eigenvalue weighted by Crippen LogP contribution is 2.18. The number of benzene rings is 2. The van der Waals surface area contributed by atoms with Crippen LogP contribution in [0.5, 0.6) is 0 Å². The van der Waals surface area contributed by atoms with Crippen LogP contribution in [0.25, 0.3) is 0 Å². The molecule has 1 unspecified atom stereocenters. The Morgan fingerprint density at radius 3 is 2.50 bits per heavy atom. The fourth-order valence-corrected chi connectivity index (χ4v) is 2.38. The van der Waals surface area contributed by atoms with E-state index >= 15 is 0 Å². The van der Waals surface area contributed by atoms with Gasteiger partial charge in [0, 0.05) is 10.6 Å². The van der Waals surface area contributed by atoms with E-state index in [1.165, 1.54) is 18.2 Å². The first-order valence-electron chi connectivity index (χ1n) is 7.58. The highest BCUT2D eigenvalue weighted by atomic mass is 35.5. The molecular formula is C18H18ClFN2O2. The van der Waals surface area contributed by atoms with Crippen molar-refractivity contribution in [2.45, 2.75) is 19.4 Å². The quantitative estimate of drug-likeness (QED) is 0.839. The minimum Gasteiger partial charge on any atom is -0.348 e. The molecule has 0 heterocycles. The molecule has 126 valence electrons. The zero-order valence-electron chi connectivity index (χ0n) is 13.2. The van der Waals surface area contributed by atoms with Crippen molar-refractivity contribution < 1.29 is 14.0 Å². The second kappa shape index (κ2) is 8.45. The summed E-state index contributed by atoms with van der Waals surface area (Å²) in [6.45, 7) is 1.77. The smallest absolute Gasteiger partial charge is 0.251 e. The largest absolute Gasteiger partial charge is 0.348 e. The highest BCUT2D eigenvalue weighted by Gasteiger charge is 2.14. The normalized spacial score (nSPS) is 11.6. The molecule has 4 nitrogen and oxygen atoms in total. The van der Waals surface area contributed by atoms with Crippen LogP contribution in [0, 0.1) is 5.82 Å². The minimum absolute atomic E-state index is 0.166. The van der Waals surface area contributed by atoms with Crippen molar-refractivity contribution in [1.82, 2.24) is 10.6 Å². The summed E-state index contributed by atoms with van der Waals surface area (Å²) in [4.78, 5) is 23.9. The lowest BCUT2D eigenvalue weighted by Gasteiger charge is -2.17. The van der Waals surface area contributed by atoms with E-state index in [1.807, 2.05) is 19.1 Å². The SMILES string of the molecule is CCC(NC(=O)CNC(=O)c1cccc(F)c1)c1ccc(Cl)cc1. The number of nitrogens with one attached hydrogen (secondary N) is 2. The van der Waals surface area contributed by atoms with Crippen LogP contribution >= 0.6 is 11.6 Å². The second-order valence-electron chi connectivity index (χ2n) is 5.27. The first-order valence-corrected chi connectivity index (χ1v) is 7.96. The number of carbonyl (C=O) groups excluding carboxylic acids is 2. The lowest BCUT2D eigenvalue weighted by molar-refractivity contribution is -0.120. The molecule has 0 saturated heterocycles. The van der Waals surface area contributed by atoms with Crippen LogP contribution in [0.15, 0.2) is 48.5 Å². The molecule has 2 amide bonds. The maximum atomic E-state index is 13.1. The van der Waals surface area contributed by atoms with Gasteiger partial charge in [-0.25, -0.2) is 4.39 Å². The molecule has 2 aromatic carbocycles. The summed E-state index contributed by atoms with van der Waals surface area (Å²) in [5, 5.41) is 5.95. The monoisotopic (exact) mass is 348 g/mol. The summed E-state index contributed by atoms with van der Waals surface area (Å²) < 4.78 is 13.1. The zero-order chi connectivity index (χ0) is 17.5. The molecule has 0 aromatic heterocycles. The molecule has 0 radical (unpaired) electrons. The Bertz CT molecular complexity index is 719. The lowest BCUT2D eigenvalue weighted by atomic mass is 10.0. The molecule has 24 heavy (non-hydrogen) atoms. The average molecular weight is 349 g/mol. The summed E-state index contributed by atoms with van der Waals surface area (Å²) >= 11 is 5.86. The van der Waals surface area contributed by atoms with Gasteiger partial charge < -0.3 is 10.6 Å². The molecule has 0 aliphatic carbocycles. The molecule has 0 saturated carbocycles. The van der Waals surface area contributed by atoms with Crippen LogP contribution in [0.1, 0.15) is 35.3 Å². The van der Waals surface area contributed by atoms with E-state index in [0.717, 1.165) is 11.6 Å². The molecule has 6 heteroatoms. The van der Waals surface area contributed by atoms with Gasteiger partial charge in [-0.2, -0.15) is 0 Å². The zero-order valence-corrected chi connectivity index (χ0v) is 13.9. The summed E-state index contributed by atoms with van der Waals surface area (Å²) in [6, 6.07) is 12.4. The minimum atomic E-state index is -0.499. The maximum absolute atomic E-state index is 13.1. The first kappa shape index (κ1) is 17.9. The number of hydrogen-bond donors (Lipinski definition) is 2. The van der Waals surface area contributed by atoms with Gasteiger partial charge in [-0.05, 0) is 42.3 Å². The third kappa shape index (κ3) is 5.06. The van der Waals surface area contributed by atoms with E-state index in [1.54, 1.807) is 12.1 Å². The van der Waals surface area contributed by atoms with Crippen molar-refractivity contribution in [3.8, 4) is 0 Å². The number of rotatable bonds is 6. The van der Waals surface area contributed by atoms with Gasteiger partial charge in [0.25, 0.3) is 5.91 Å². The molecule has 0 aliphatic heterocycles. The summed E-state index contributed by atoms with van der Waals surface area (Å²) in [5.41, 5.74) is 1.11. The molecule has 0 bridgehead atoms. The van der Waals surface area contributed by atoms with Gasteiger partial charge in [0.1, 0.15) is 5.82 Å². The van der Waals surface area contributed by atoms with E-state index in [-0.39, 0.29) is 24.1 Å². The van der Waals surface area contributed by atoms with Crippen LogP contribution in [0.2, 0.25) is 5.02 Å². The number of halogens is 2. The van der Waals surface area contributed by atoms with Crippen molar-refractivity contribution in [1.29, 1.82) is 0 Å². The Hall–Kier alpha value is -2.40. The molecule has 0 aliphatic rings. The standard InChI is InChI=1S/C18H18ClFN2O2/c1-2-16(12-6-8-14(19)9-7-12)22-17(23)11-21-18(24)13-4-3-5-15(20)10-13/h3-10,16H,2,11H2,1H3,(H,21,24)(H,22,23). The number of hydrogen-bond acceptors (Lipinski definition) is 2. The van der Waals surface area contributed by atoms with E-state index in [0.29, 0.717) is 11.4 Å². The van der Waals surface area contributed by atoms with Crippen molar-refractivity contribution in [2.24, 2.45) is 0 Å². The van der Waals surface area contributed by atoms with Crippen LogP contribution in [-0.2, 0) is 4.79 Å². The Morgan fingerprint density at radius 2 is 1.88 bits per heavy atom. The second-order valence-corrected chi connectivity index (χ2v) is 5.71. The van der Waals surface area contributed by atoms with E-state index in [4.69, 9.17) is 11.6 Å². The molecular weight excluding hydrogens is 331 g/mol. The van der Waals surface area contributed by atoms with Gasteiger partial charge in [0.05, 0.1) is 12.6 Å². The summed E-state index contributed by atoms with van der Waals surface area (Å²) in [5.74, 6) is -1.31. The molecule has 1 atom stereocenters. The fourth-order valence-electron chi connectivity index (χ4n) is 2.25. The van der Waals surface area contributed by atoms with Crippen LogP contribution in [-0.4, -0.2) is 18.4 Å². The van der Waals surface area contributed by atoms with Crippen molar-refractivity contribution in [2.75, 3.05) is 6.54 Å². The summed E-state index contributed by atoms with van der Waals surface area (Å²) in [7, 11) is 0. The van der Waals surface area contributed by atoms with Gasteiger partial charge in [-0.1, -0.05) is 36.7 Å². The Labute approximate surface area is 145 Å². The Morgan fingerprint density at radius 1 is 1.17 bits per heavy atom. The highest BCUT2D eigenvalue weighted by molar-refractivity contribution is 6.30. The predicted molar refractivity (Wildman–Crippen MR) is 91.4 cm³/mol. The third-order valence-electron chi connectivity index (χ3n) is 3.51. The van der Waals surface area contributed by atoms with Crippen LogP contribution in [0.4, 0.5) is 4.39 Å². The first-order chi connectivity index (χ1) is 11.5. The van der Waals surface area contributed by atoms with Gasteiger partial charge in [0.2, 0.25) is 5.91 Å². The van der Waals surface area contributed by atoms with Gasteiger partial charge >= 0.3 is 0 Å². The van der Waals surface area contributed by atoms with Gasteiger partial charge in [-0.3, -0.25) is 9.59 Å². The van der Waals surface area contributed by atoms with Crippen LogP contribution in [0.3, 0.4) is 0 Å². The van der Waals surface area contributed by atoms with Crippen LogP contribution < -0.4 is 10.6 Å². The predicted octanol–water partition coefficient (Wildman–Crippen LogP) is 3.48. The summed E-state index contributed by atoms with van der Waals surface area (Å²) in [6.07, 6.45) is 0.700. The van der Waals surface area contributed by atoms with Crippen molar-refractivity contribution >= 4 is 23.4 Å². The molecule has 0 spiro atoms. The molecule has 0 fully saturated rings. The number of carbonyl (C=O) groups is 2. The average Bonchev–Trinajstić information content (AvgIpc) is 2.58.